The number of hydrogen-bond donors (Lipinski definition) is 0. The van der Waals surface area contributed by atoms with E-state index in [1.807, 2.05) is 0 Å². The average molecular weight is 336 g/mol. The zero-order valence-corrected chi connectivity index (χ0v) is 12.4. The van der Waals surface area contributed by atoms with Crippen LogP contribution in [0.15, 0.2) is 18.2 Å². The third-order valence-corrected chi connectivity index (χ3v) is 5.01. The van der Waals surface area contributed by atoms with Gasteiger partial charge in [-0.2, -0.15) is 0 Å². The fraction of sp³-hybridized carbons (Fsp3) is 0.333. The van der Waals surface area contributed by atoms with Gasteiger partial charge in [0.2, 0.25) is 15.0 Å². The molecule has 0 radical (unpaired) electrons. The summed E-state index contributed by atoms with van der Waals surface area (Å²) < 4.78 is 40.9. The molecule has 21 heavy (non-hydrogen) atoms. The molecule has 1 fully saturated rings. The number of anilines is 1. The molecular weight excluding hydrogens is 325 g/mol. The smallest absolute Gasteiger partial charge is 0.337 e. The van der Waals surface area contributed by atoms with Crippen LogP contribution < -0.4 is 4.90 Å². The molecule has 0 N–H and O–H groups in total. The van der Waals surface area contributed by atoms with Crippen LogP contribution in [0.4, 0.5) is 10.1 Å². The molecule has 1 atom stereocenters. The monoisotopic (exact) mass is 335 g/mol. The number of hydrogen-bond acceptors (Lipinski definition) is 5. The molecule has 2 rings (SSSR count). The minimum atomic E-state index is -3.92. The van der Waals surface area contributed by atoms with Crippen LogP contribution in [0.3, 0.4) is 0 Å². The van der Waals surface area contributed by atoms with E-state index < -0.39 is 32.0 Å². The second-order valence-electron chi connectivity index (χ2n) is 4.46. The highest BCUT2D eigenvalue weighted by Gasteiger charge is 2.39. The molecule has 0 bridgehead atoms. The van der Waals surface area contributed by atoms with Crippen LogP contribution in [-0.2, 0) is 18.6 Å². The van der Waals surface area contributed by atoms with Crippen molar-refractivity contribution in [3.8, 4) is 0 Å². The first-order valence-electron chi connectivity index (χ1n) is 5.85. The van der Waals surface area contributed by atoms with Gasteiger partial charge in [0.1, 0.15) is 11.1 Å². The summed E-state index contributed by atoms with van der Waals surface area (Å²) in [7, 11) is 2.47. The summed E-state index contributed by atoms with van der Waals surface area (Å²) in [6.45, 7) is -0.258. The lowest BCUT2D eigenvalue weighted by atomic mass is 10.2. The maximum absolute atomic E-state index is 13.9. The molecule has 0 aliphatic carbocycles. The Morgan fingerprint density at radius 3 is 2.67 bits per heavy atom. The van der Waals surface area contributed by atoms with Crippen LogP contribution >= 0.6 is 10.7 Å². The molecule has 0 spiro atoms. The normalized spacial score (nSPS) is 18.9. The highest BCUT2D eigenvalue weighted by Crippen LogP contribution is 2.29. The number of nitrogens with zero attached hydrogens (tertiary/aromatic N) is 1. The summed E-state index contributed by atoms with van der Waals surface area (Å²) in [6.07, 6.45) is -0.326. The van der Waals surface area contributed by atoms with Crippen molar-refractivity contribution in [3.63, 3.8) is 0 Å². The molecule has 6 nitrogen and oxygen atoms in total. The number of ether oxygens (including phenoxy) is 1. The van der Waals surface area contributed by atoms with E-state index in [9.17, 15) is 22.4 Å². The van der Waals surface area contributed by atoms with Crippen molar-refractivity contribution in [2.45, 2.75) is 11.7 Å². The lowest BCUT2D eigenvalue weighted by molar-refractivity contribution is -0.117. The van der Waals surface area contributed by atoms with Gasteiger partial charge < -0.3 is 9.64 Å². The number of esters is 1. The lowest BCUT2D eigenvalue weighted by Crippen LogP contribution is -2.27. The van der Waals surface area contributed by atoms with E-state index in [-0.39, 0.29) is 24.2 Å². The highest BCUT2D eigenvalue weighted by atomic mass is 35.7. The molecule has 1 aromatic rings. The molecule has 1 unspecified atom stereocenters. The van der Waals surface area contributed by atoms with Crippen molar-refractivity contribution in [2.75, 3.05) is 18.6 Å². The third-order valence-electron chi connectivity index (χ3n) is 3.15. The minimum absolute atomic E-state index is 0.0545. The zero-order valence-electron chi connectivity index (χ0n) is 10.9. The number of carbonyl (C=O) groups is 2. The summed E-state index contributed by atoms with van der Waals surface area (Å²) in [6, 6.07) is 3.36. The summed E-state index contributed by atoms with van der Waals surface area (Å²) in [4.78, 5) is 24.3. The lowest BCUT2D eigenvalue weighted by Gasteiger charge is -2.17. The number of carbonyl (C=O) groups excluding carboxylic acids is 2. The molecular formula is C12H11ClFNO5S. The fourth-order valence-corrected chi connectivity index (χ4v) is 3.09. The van der Waals surface area contributed by atoms with E-state index in [0.29, 0.717) is 0 Å². The van der Waals surface area contributed by atoms with Gasteiger partial charge in [0, 0.05) is 23.6 Å². The van der Waals surface area contributed by atoms with E-state index in [1.54, 1.807) is 0 Å². The molecule has 0 aromatic heterocycles. The molecule has 1 aromatic carbocycles. The first-order valence-corrected chi connectivity index (χ1v) is 8.23. The van der Waals surface area contributed by atoms with E-state index in [1.165, 1.54) is 13.2 Å². The summed E-state index contributed by atoms with van der Waals surface area (Å²) >= 11 is 0. The Bertz CT molecular complexity index is 706. The van der Waals surface area contributed by atoms with E-state index >= 15 is 0 Å². The molecule has 1 saturated heterocycles. The average Bonchev–Trinajstić information content (AvgIpc) is 2.80. The van der Waals surface area contributed by atoms with Crippen molar-refractivity contribution in [1.29, 1.82) is 0 Å². The SMILES string of the molecule is COC(=O)c1ccc(F)c(N2CC(S(=O)(=O)Cl)CC2=O)c1. The predicted octanol–water partition coefficient (Wildman–Crippen LogP) is 1.29. The predicted molar refractivity (Wildman–Crippen MR) is 73.3 cm³/mol. The first kappa shape index (κ1) is 15.7. The van der Waals surface area contributed by atoms with Gasteiger partial charge in [0.15, 0.2) is 0 Å². The van der Waals surface area contributed by atoms with E-state index in [0.717, 1.165) is 17.0 Å². The maximum Gasteiger partial charge on any atom is 0.337 e. The van der Waals surface area contributed by atoms with Gasteiger partial charge >= 0.3 is 5.97 Å². The Kier molecular flexibility index (Phi) is 4.20. The van der Waals surface area contributed by atoms with Gasteiger partial charge in [-0.25, -0.2) is 17.6 Å². The van der Waals surface area contributed by atoms with Gasteiger partial charge in [-0.1, -0.05) is 0 Å². The number of benzene rings is 1. The highest BCUT2D eigenvalue weighted by molar-refractivity contribution is 8.14. The third kappa shape index (κ3) is 3.16. The second-order valence-corrected chi connectivity index (χ2v) is 7.37. The van der Waals surface area contributed by atoms with Gasteiger partial charge in [0.05, 0.1) is 18.4 Å². The Morgan fingerprint density at radius 2 is 2.14 bits per heavy atom. The van der Waals surface area contributed by atoms with Crippen LogP contribution in [0.25, 0.3) is 0 Å². The van der Waals surface area contributed by atoms with Crippen LogP contribution in [0.5, 0.6) is 0 Å². The number of rotatable bonds is 3. The number of amides is 1. The molecule has 1 aliphatic heterocycles. The van der Waals surface area contributed by atoms with Gasteiger partial charge in [-0.3, -0.25) is 4.79 Å². The Morgan fingerprint density at radius 1 is 1.48 bits per heavy atom. The topological polar surface area (TPSA) is 80.8 Å². The van der Waals surface area contributed by atoms with E-state index in [2.05, 4.69) is 4.74 Å². The van der Waals surface area contributed by atoms with Gasteiger partial charge in [0.25, 0.3) is 0 Å². The quantitative estimate of drug-likeness (QED) is 0.614. The Hall–Kier alpha value is -1.67. The molecule has 114 valence electrons. The fourth-order valence-electron chi connectivity index (χ4n) is 2.06. The van der Waals surface area contributed by atoms with Crippen molar-refractivity contribution >= 4 is 37.3 Å². The summed E-state index contributed by atoms with van der Waals surface area (Å²) in [5.74, 6) is -2.02. The largest absolute Gasteiger partial charge is 0.465 e. The standard InChI is InChI=1S/C12H11ClFNO5S/c1-20-12(17)7-2-3-9(14)10(4-7)15-6-8(5-11(15)16)21(13,18)19/h2-4,8H,5-6H2,1H3. The number of methoxy groups -OCH3 is 1. The second kappa shape index (κ2) is 5.61. The Labute approximate surface area is 124 Å². The number of halogens is 2. The van der Waals surface area contributed by atoms with Crippen molar-refractivity contribution in [3.05, 3.63) is 29.6 Å². The van der Waals surface area contributed by atoms with Crippen molar-refractivity contribution in [1.82, 2.24) is 0 Å². The molecule has 1 amide bonds. The van der Waals surface area contributed by atoms with Crippen LogP contribution in [-0.4, -0.2) is 39.2 Å². The minimum Gasteiger partial charge on any atom is -0.465 e. The van der Waals surface area contributed by atoms with Gasteiger partial charge in [-0.05, 0) is 18.2 Å². The summed E-state index contributed by atoms with van der Waals surface area (Å²) in [5, 5.41) is -1.10. The molecule has 9 heteroatoms. The molecule has 1 heterocycles. The maximum atomic E-state index is 13.9. The van der Waals surface area contributed by atoms with Gasteiger partial charge in [-0.15, -0.1) is 0 Å². The van der Waals surface area contributed by atoms with Crippen molar-refractivity contribution in [2.24, 2.45) is 0 Å². The Balaban J connectivity index is 2.38. The molecule has 0 saturated carbocycles. The zero-order chi connectivity index (χ0) is 15.8. The van der Waals surface area contributed by atoms with Crippen LogP contribution in [0, 0.1) is 5.82 Å². The molecule has 1 aliphatic rings. The van der Waals surface area contributed by atoms with Crippen LogP contribution in [0.2, 0.25) is 0 Å². The first-order chi connectivity index (χ1) is 9.74. The van der Waals surface area contributed by atoms with Crippen molar-refractivity contribution < 1.29 is 27.1 Å². The van der Waals surface area contributed by atoms with E-state index in [4.69, 9.17) is 10.7 Å². The van der Waals surface area contributed by atoms with Crippen LogP contribution in [0.1, 0.15) is 16.8 Å². The summed E-state index contributed by atoms with van der Waals surface area (Å²) in [5.41, 5.74) is -0.121.